The molecule has 0 bridgehead atoms. The highest BCUT2D eigenvalue weighted by atomic mass is 16.2. The largest absolute Gasteiger partial charge is 0.348 e. The summed E-state index contributed by atoms with van der Waals surface area (Å²) in [7, 11) is 3.67. The van der Waals surface area contributed by atoms with Gasteiger partial charge in [0.15, 0.2) is 0 Å². The lowest BCUT2D eigenvalue weighted by Crippen LogP contribution is -2.37. The van der Waals surface area contributed by atoms with Crippen LogP contribution in [0.4, 0.5) is 0 Å². The van der Waals surface area contributed by atoms with Crippen molar-refractivity contribution in [3.8, 4) is 0 Å². The number of carbonyl (C=O) groups excluding carboxylic acids is 1. The SMILES string of the molecule is CCCN(CCC)CCCCN(CC(=O)N(C)C)Cc1ccc(CN(Cc2ncc[nH]2)C(C)c2ncc[nH]2)cc1. The number of aromatic nitrogens is 4. The number of nitrogens with one attached hydrogen (secondary N) is 2. The van der Waals surface area contributed by atoms with Gasteiger partial charge in [0.25, 0.3) is 0 Å². The average Bonchev–Trinajstić information content (AvgIpc) is 3.66. The zero-order valence-corrected chi connectivity index (χ0v) is 25.3. The molecule has 0 saturated carbocycles. The number of H-pyrrole nitrogens is 2. The van der Waals surface area contributed by atoms with Crippen molar-refractivity contribution in [2.45, 2.75) is 72.1 Å². The first kappa shape index (κ1) is 31.5. The molecular formula is C31H50N8O. The van der Waals surface area contributed by atoms with Gasteiger partial charge in [-0.25, -0.2) is 9.97 Å². The predicted octanol–water partition coefficient (Wildman–Crippen LogP) is 4.69. The number of benzene rings is 1. The highest BCUT2D eigenvalue weighted by Crippen LogP contribution is 2.22. The molecule has 0 aliphatic heterocycles. The molecule has 1 unspecified atom stereocenters. The Hall–Kier alpha value is -3.01. The van der Waals surface area contributed by atoms with Crippen LogP contribution in [0.5, 0.6) is 0 Å². The molecule has 0 fully saturated rings. The topological polar surface area (TPSA) is 87.4 Å². The third kappa shape index (κ3) is 10.5. The second kappa shape index (κ2) is 16.9. The van der Waals surface area contributed by atoms with E-state index in [0.29, 0.717) is 13.1 Å². The number of amides is 1. The maximum Gasteiger partial charge on any atom is 0.236 e. The summed E-state index contributed by atoms with van der Waals surface area (Å²) in [6.45, 7) is 13.7. The summed E-state index contributed by atoms with van der Waals surface area (Å²) in [4.78, 5) is 36.9. The molecule has 1 aromatic carbocycles. The summed E-state index contributed by atoms with van der Waals surface area (Å²) in [5.41, 5.74) is 2.46. The Morgan fingerprint density at radius 2 is 1.40 bits per heavy atom. The molecule has 1 atom stereocenters. The standard InChI is InChI=1S/C31H50N8O/c1-6-18-37(19-7-2)20-8-9-21-38(25-30(40)36(4)5)22-27-10-12-28(13-11-27)23-39(24-29-32-14-15-33-29)26(3)31-34-16-17-35-31/h10-17,26H,6-9,18-25H2,1-5H3,(H,32,33)(H,34,35). The summed E-state index contributed by atoms with van der Waals surface area (Å²) in [5.74, 6) is 2.02. The lowest BCUT2D eigenvalue weighted by Gasteiger charge is -2.27. The van der Waals surface area contributed by atoms with E-state index in [1.54, 1.807) is 17.3 Å². The van der Waals surface area contributed by atoms with Crippen molar-refractivity contribution in [3.63, 3.8) is 0 Å². The molecule has 0 saturated heterocycles. The van der Waals surface area contributed by atoms with E-state index in [0.717, 1.165) is 50.7 Å². The smallest absolute Gasteiger partial charge is 0.236 e. The summed E-state index contributed by atoms with van der Waals surface area (Å²) in [5, 5.41) is 0. The van der Waals surface area contributed by atoms with Gasteiger partial charge in [-0.3, -0.25) is 14.6 Å². The van der Waals surface area contributed by atoms with Gasteiger partial charge in [-0.05, 0) is 69.9 Å². The number of imidazole rings is 2. The van der Waals surface area contributed by atoms with Crippen LogP contribution in [0.25, 0.3) is 0 Å². The Morgan fingerprint density at radius 3 is 1.95 bits per heavy atom. The van der Waals surface area contributed by atoms with Crippen LogP contribution in [-0.4, -0.2) is 92.3 Å². The number of unbranched alkanes of at least 4 members (excludes halogenated alkanes) is 1. The summed E-state index contributed by atoms with van der Waals surface area (Å²) in [6, 6.07) is 8.93. The average molecular weight is 551 g/mol. The summed E-state index contributed by atoms with van der Waals surface area (Å²) < 4.78 is 0. The van der Waals surface area contributed by atoms with Gasteiger partial charge in [0.2, 0.25) is 5.91 Å². The van der Waals surface area contributed by atoms with E-state index in [4.69, 9.17) is 0 Å². The number of nitrogens with zero attached hydrogens (tertiary/aromatic N) is 6. The highest BCUT2D eigenvalue weighted by molar-refractivity contribution is 5.77. The Bertz CT molecular complexity index is 1060. The van der Waals surface area contributed by atoms with E-state index < -0.39 is 0 Å². The summed E-state index contributed by atoms with van der Waals surface area (Å²) >= 11 is 0. The zero-order valence-electron chi connectivity index (χ0n) is 25.3. The van der Waals surface area contributed by atoms with E-state index in [2.05, 4.69) is 79.7 Å². The highest BCUT2D eigenvalue weighted by Gasteiger charge is 2.20. The predicted molar refractivity (Wildman–Crippen MR) is 162 cm³/mol. The third-order valence-corrected chi connectivity index (χ3v) is 7.32. The minimum Gasteiger partial charge on any atom is -0.348 e. The van der Waals surface area contributed by atoms with E-state index in [1.165, 1.54) is 37.1 Å². The van der Waals surface area contributed by atoms with E-state index in [-0.39, 0.29) is 11.9 Å². The van der Waals surface area contributed by atoms with E-state index in [1.807, 2.05) is 26.5 Å². The van der Waals surface area contributed by atoms with Gasteiger partial charge in [0.1, 0.15) is 11.6 Å². The molecular weight excluding hydrogens is 500 g/mol. The molecule has 0 radical (unpaired) electrons. The molecule has 220 valence electrons. The van der Waals surface area contributed by atoms with Crippen LogP contribution in [0.2, 0.25) is 0 Å². The Labute approximate surface area is 241 Å². The molecule has 0 aliphatic rings. The molecule has 2 heterocycles. The van der Waals surface area contributed by atoms with Crippen LogP contribution < -0.4 is 0 Å². The molecule has 3 aromatic rings. The number of rotatable bonds is 19. The first-order valence-electron chi connectivity index (χ1n) is 14.8. The minimum atomic E-state index is 0.109. The fraction of sp³-hybridized carbons (Fsp3) is 0.581. The number of aromatic amines is 2. The van der Waals surface area contributed by atoms with E-state index in [9.17, 15) is 4.79 Å². The quantitative estimate of drug-likeness (QED) is 0.211. The normalized spacial score (nSPS) is 12.5. The fourth-order valence-electron chi connectivity index (χ4n) is 5.01. The van der Waals surface area contributed by atoms with Crippen LogP contribution in [0, 0.1) is 0 Å². The fourth-order valence-corrected chi connectivity index (χ4v) is 5.01. The third-order valence-electron chi connectivity index (χ3n) is 7.32. The molecule has 0 aliphatic carbocycles. The Morgan fingerprint density at radius 1 is 0.800 bits per heavy atom. The lowest BCUT2D eigenvalue weighted by molar-refractivity contribution is -0.130. The summed E-state index contributed by atoms with van der Waals surface area (Å²) in [6.07, 6.45) is 12.0. The van der Waals surface area contributed by atoms with Crippen LogP contribution in [0.3, 0.4) is 0 Å². The number of carbonyl (C=O) groups is 1. The molecule has 2 aromatic heterocycles. The van der Waals surface area contributed by atoms with Gasteiger partial charge in [-0.1, -0.05) is 38.1 Å². The van der Waals surface area contributed by atoms with Gasteiger partial charge in [0.05, 0.1) is 19.1 Å². The molecule has 2 N–H and O–H groups in total. The first-order valence-corrected chi connectivity index (χ1v) is 14.8. The van der Waals surface area contributed by atoms with Crippen LogP contribution >= 0.6 is 0 Å². The zero-order chi connectivity index (χ0) is 28.7. The van der Waals surface area contributed by atoms with Crippen LogP contribution in [0.15, 0.2) is 49.1 Å². The van der Waals surface area contributed by atoms with Crippen molar-refractivity contribution in [2.24, 2.45) is 0 Å². The van der Waals surface area contributed by atoms with Crippen molar-refractivity contribution < 1.29 is 4.79 Å². The van der Waals surface area contributed by atoms with Gasteiger partial charge in [0, 0.05) is 52.0 Å². The molecule has 0 spiro atoms. The molecule has 3 rings (SSSR count). The maximum absolute atomic E-state index is 12.6. The van der Waals surface area contributed by atoms with E-state index >= 15 is 0 Å². The second-order valence-corrected chi connectivity index (χ2v) is 11.0. The van der Waals surface area contributed by atoms with Crippen molar-refractivity contribution in [1.82, 2.24) is 39.5 Å². The first-order chi connectivity index (χ1) is 19.4. The Balaban J connectivity index is 1.61. The molecule has 1 amide bonds. The van der Waals surface area contributed by atoms with Crippen molar-refractivity contribution in [1.29, 1.82) is 0 Å². The molecule has 40 heavy (non-hydrogen) atoms. The van der Waals surface area contributed by atoms with Crippen LogP contribution in [-0.2, 0) is 24.4 Å². The van der Waals surface area contributed by atoms with Gasteiger partial charge < -0.3 is 19.8 Å². The van der Waals surface area contributed by atoms with Gasteiger partial charge in [-0.2, -0.15) is 0 Å². The minimum absolute atomic E-state index is 0.109. The van der Waals surface area contributed by atoms with Crippen LogP contribution in [0.1, 0.15) is 75.3 Å². The maximum atomic E-state index is 12.6. The molecule has 9 heteroatoms. The lowest BCUT2D eigenvalue weighted by atomic mass is 10.1. The number of likely N-dealkylation sites (N-methyl/N-ethyl adjacent to an activating group) is 1. The van der Waals surface area contributed by atoms with Crippen molar-refractivity contribution in [3.05, 3.63) is 71.8 Å². The van der Waals surface area contributed by atoms with Gasteiger partial charge >= 0.3 is 0 Å². The van der Waals surface area contributed by atoms with Crippen molar-refractivity contribution in [2.75, 3.05) is 46.8 Å². The van der Waals surface area contributed by atoms with Gasteiger partial charge in [-0.15, -0.1) is 0 Å². The number of hydrogen-bond donors (Lipinski definition) is 2. The Kier molecular flexibility index (Phi) is 13.4. The monoisotopic (exact) mass is 550 g/mol. The molecule has 9 nitrogen and oxygen atoms in total. The van der Waals surface area contributed by atoms with Crippen molar-refractivity contribution >= 4 is 5.91 Å². The number of hydrogen-bond acceptors (Lipinski definition) is 6. The second-order valence-electron chi connectivity index (χ2n) is 11.0.